The Balaban J connectivity index is 2.44. The van der Waals surface area contributed by atoms with Crippen LogP contribution in [-0.4, -0.2) is 23.5 Å². The van der Waals surface area contributed by atoms with Crippen molar-refractivity contribution in [3.05, 3.63) is 0 Å². The summed E-state index contributed by atoms with van der Waals surface area (Å²) in [5, 5.41) is 0.00309. The van der Waals surface area contributed by atoms with Gasteiger partial charge in [-0.15, -0.1) is 23.2 Å². The smallest absolute Gasteiger partial charge is 0.0781 e. The number of halogens is 2. The zero-order chi connectivity index (χ0) is 6.15. The highest BCUT2D eigenvalue weighted by atomic mass is 35.5. The summed E-state index contributed by atoms with van der Waals surface area (Å²) in [6, 6.07) is 0. The van der Waals surface area contributed by atoms with Crippen LogP contribution in [0, 0.1) is 0 Å². The number of rotatable bonds is 0. The van der Waals surface area contributed by atoms with Gasteiger partial charge in [-0.1, -0.05) is 0 Å². The van der Waals surface area contributed by atoms with E-state index >= 15 is 0 Å². The molecule has 3 heteroatoms. The largest absolute Gasteiger partial charge is 0.375 e. The van der Waals surface area contributed by atoms with Gasteiger partial charge < -0.3 is 4.74 Å². The molecule has 0 N–H and O–H groups in total. The molecule has 0 aromatic heterocycles. The van der Waals surface area contributed by atoms with E-state index in [1.807, 2.05) is 6.92 Å². The van der Waals surface area contributed by atoms with E-state index in [2.05, 4.69) is 0 Å². The first kappa shape index (κ1) is 6.66. The molecule has 8 heavy (non-hydrogen) atoms. The Bertz CT molecular complexity index is 76.5. The minimum atomic E-state index is -0.00309. The summed E-state index contributed by atoms with van der Waals surface area (Å²) in [7, 11) is 0. The molecule has 0 aliphatic carbocycles. The van der Waals surface area contributed by atoms with Gasteiger partial charge in [0.1, 0.15) is 0 Å². The summed E-state index contributed by atoms with van der Waals surface area (Å²) in [5.41, 5.74) is 0. The molecule has 1 nitrogen and oxygen atoms in total. The highest BCUT2D eigenvalue weighted by molar-refractivity contribution is 6.30. The van der Waals surface area contributed by atoms with E-state index in [1.165, 1.54) is 0 Å². The molecular weight excluding hydrogens is 147 g/mol. The maximum absolute atomic E-state index is 5.76. The van der Waals surface area contributed by atoms with Crippen molar-refractivity contribution in [2.24, 2.45) is 0 Å². The highest BCUT2D eigenvalue weighted by Gasteiger charge is 2.30. The van der Waals surface area contributed by atoms with Crippen LogP contribution in [0.15, 0.2) is 0 Å². The van der Waals surface area contributed by atoms with E-state index < -0.39 is 0 Å². The summed E-state index contributed by atoms with van der Waals surface area (Å²) in [5.74, 6) is 0. The summed E-state index contributed by atoms with van der Waals surface area (Å²) in [6.07, 6.45) is 0.124. The molecule has 1 saturated heterocycles. The predicted molar refractivity (Wildman–Crippen MR) is 34.7 cm³/mol. The molecule has 0 aromatic rings. The van der Waals surface area contributed by atoms with Crippen LogP contribution in [0.5, 0.6) is 0 Å². The van der Waals surface area contributed by atoms with Crippen molar-refractivity contribution >= 4 is 23.2 Å². The van der Waals surface area contributed by atoms with Gasteiger partial charge in [0, 0.05) is 0 Å². The molecule has 1 heterocycles. The molecule has 1 aliphatic heterocycles. The van der Waals surface area contributed by atoms with Gasteiger partial charge >= 0.3 is 0 Å². The van der Waals surface area contributed by atoms with Crippen LogP contribution >= 0.6 is 23.2 Å². The molecule has 0 spiro atoms. The molecular formula is C5H8Cl2O. The molecule has 0 radical (unpaired) electrons. The molecule has 1 fully saturated rings. The van der Waals surface area contributed by atoms with Crippen molar-refractivity contribution in [1.29, 1.82) is 0 Å². The summed E-state index contributed by atoms with van der Waals surface area (Å²) >= 11 is 11.5. The minimum absolute atomic E-state index is 0.00309. The fourth-order valence-corrected chi connectivity index (χ4v) is 1.14. The second-order valence-corrected chi connectivity index (χ2v) is 3.06. The van der Waals surface area contributed by atoms with Crippen LogP contribution < -0.4 is 0 Å². The monoisotopic (exact) mass is 154 g/mol. The van der Waals surface area contributed by atoms with Crippen LogP contribution in [0.2, 0.25) is 0 Å². The number of alkyl halides is 2. The third-order valence-electron chi connectivity index (χ3n) is 1.31. The normalized spacial score (nSPS) is 47.6. The lowest BCUT2D eigenvalue weighted by Crippen LogP contribution is -2.17. The van der Waals surface area contributed by atoms with E-state index in [1.54, 1.807) is 0 Å². The fourth-order valence-electron chi connectivity index (χ4n) is 0.722. The van der Waals surface area contributed by atoms with Gasteiger partial charge in [0.25, 0.3) is 0 Å². The van der Waals surface area contributed by atoms with E-state index in [-0.39, 0.29) is 16.9 Å². The third kappa shape index (κ3) is 1.09. The van der Waals surface area contributed by atoms with Crippen LogP contribution in [0.4, 0.5) is 0 Å². The van der Waals surface area contributed by atoms with E-state index in [0.717, 1.165) is 0 Å². The summed E-state index contributed by atoms with van der Waals surface area (Å²) in [4.78, 5) is 0. The predicted octanol–water partition coefficient (Wildman–Crippen LogP) is 1.62. The Morgan fingerprint density at radius 3 is 2.25 bits per heavy atom. The minimum Gasteiger partial charge on any atom is -0.375 e. The average molecular weight is 155 g/mol. The van der Waals surface area contributed by atoms with Crippen molar-refractivity contribution in [2.75, 3.05) is 6.61 Å². The molecule has 0 bridgehead atoms. The van der Waals surface area contributed by atoms with Crippen LogP contribution in [-0.2, 0) is 4.74 Å². The van der Waals surface area contributed by atoms with Gasteiger partial charge in [-0.05, 0) is 6.92 Å². The van der Waals surface area contributed by atoms with Crippen LogP contribution in [0.25, 0.3) is 0 Å². The highest BCUT2D eigenvalue weighted by Crippen LogP contribution is 2.23. The fraction of sp³-hybridized carbons (Fsp3) is 1.00. The molecule has 3 unspecified atom stereocenters. The molecule has 0 saturated carbocycles. The van der Waals surface area contributed by atoms with Crippen molar-refractivity contribution in [3.8, 4) is 0 Å². The van der Waals surface area contributed by atoms with Crippen molar-refractivity contribution in [1.82, 2.24) is 0 Å². The standard InChI is InChI=1S/C5H8Cl2O/c1-3-5(7)4(6)2-8-3/h3-5H,2H2,1H3. The topological polar surface area (TPSA) is 9.23 Å². The van der Waals surface area contributed by atoms with Gasteiger partial charge in [0.15, 0.2) is 0 Å². The first-order chi connectivity index (χ1) is 3.72. The van der Waals surface area contributed by atoms with Crippen molar-refractivity contribution < 1.29 is 4.74 Å². The Labute approximate surface area is 58.9 Å². The molecule has 3 atom stereocenters. The van der Waals surface area contributed by atoms with Crippen molar-refractivity contribution in [2.45, 2.75) is 23.8 Å². The number of ether oxygens (including phenoxy) is 1. The number of hydrogen-bond donors (Lipinski definition) is 0. The van der Waals surface area contributed by atoms with E-state index in [9.17, 15) is 0 Å². The maximum atomic E-state index is 5.76. The third-order valence-corrected chi connectivity index (χ3v) is 2.50. The summed E-state index contributed by atoms with van der Waals surface area (Å²) < 4.78 is 5.11. The second-order valence-electron chi connectivity index (χ2n) is 2.00. The molecule has 1 aliphatic rings. The zero-order valence-corrected chi connectivity index (χ0v) is 6.12. The summed E-state index contributed by atoms with van der Waals surface area (Å²) in [6.45, 7) is 2.52. The lowest BCUT2D eigenvalue weighted by Gasteiger charge is -2.04. The molecule has 48 valence electrons. The Kier molecular flexibility index (Phi) is 2.02. The van der Waals surface area contributed by atoms with Crippen LogP contribution in [0.1, 0.15) is 6.92 Å². The molecule has 0 aromatic carbocycles. The quantitative estimate of drug-likeness (QED) is 0.483. The van der Waals surface area contributed by atoms with Gasteiger partial charge in [0.05, 0.1) is 23.5 Å². The van der Waals surface area contributed by atoms with E-state index in [4.69, 9.17) is 27.9 Å². The second kappa shape index (κ2) is 2.42. The maximum Gasteiger partial charge on any atom is 0.0781 e. The Hall–Kier alpha value is 0.540. The SMILES string of the molecule is CC1OCC(Cl)C1Cl. The first-order valence-electron chi connectivity index (χ1n) is 2.61. The van der Waals surface area contributed by atoms with Gasteiger partial charge in [0.2, 0.25) is 0 Å². The molecule has 1 rings (SSSR count). The van der Waals surface area contributed by atoms with Gasteiger partial charge in [-0.3, -0.25) is 0 Å². The average Bonchev–Trinajstić information content (AvgIpc) is 1.98. The van der Waals surface area contributed by atoms with Gasteiger partial charge in [-0.25, -0.2) is 0 Å². The molecule has 0 amide bonds. The number of hydrogen-bond acceptors (Lipinski definition) is 1. The Morgan fingerprint density at radius 1 is 1.50 bits per heavy atom. The lowest BCUT2D eigenvalue weighted by molar-refractivity contribution is 0.127. The van der Waals surface area contributed by atoms with E-state index in [0.29, 0.717) is 6.61 Å². The Morgan fingerprint density at radius 2 is 2.12 bits per heavy atom. The van der Waals surface area contributed by atoms with Crippen LogP contribution in [0.3, 0.4) is 0 Å². The van der Waals surface area contributed by atoms with Crippen molar-refractivity contribution in [3.63, 3.8) is 0 Å². The first-order valence-corrected chi connectivity index (χ1v) is 3.49. The zero-order valence-electron chi connectivity index (χ0n) is 4.60. The van der Waals surface area contributed by atoms with Gasteiger partial charge in [-0.2, -0.15) is 0 Å². The lowest BCUT2D eigenvalue weighted by atomic mass is 10.2.